The molecule has 1 unspecified atom stereocenters. The Balaban J connectivity index is -0.0000000733. The Morgan fingerprint density at radius 1 is 0.760 bits per heavy atom. The molecule has 0 rings (SSSR count). The molecular formula is C18H36O6Ti. The number of hydrogen-bond acceptors (Lipinski definition) is 6. The molecule has 0 aromatic heterocycles. The Morgan fingerprint density at radius 3 is 1.04 bits per heavy atom. The van der Waals surface area contributed by atoms with Crippen LogP contribution in [-0.4, -0.2) is 31.6 Å². The van der Waals surface area contributed by atoms with Gasteiger partial charge in [0, 0.05) is 0 Å². The van der Waals surface area contributed by atoms with E-state index in [0.717, 1.165) is 38.5 Å². The summed E-state index contributed by atoms with van der Waals surface area (Å²) in [7, 11) is 0. The van der Waals surface area contributed by atoms with E-state index < -0.39 is 11.9 Å². The molecule has 0 aliphatic carbocycles. The van der Waals surface area contributed by atoms with Crippen LogP contribution in [0.3, 0.4) is 0 Å². The molecule has 0 aromatic rings. The minimum atomic E-state index is -1.27. The fraction of sp³-hybridized carbons (Fsp3) is 0.889. The molecule has 25 heavy (non-hydrogen) atoms. The molecule has 0 fully saturated rings. The Labute approximate surface area is 168 Å². The number of carbonyl (C=O) groups is 2. The molecular weight excluding hydrogens is 360 g/mol. The average molecular weight is 396 g/mol. The molecule has 0 saturated carbocycles. The van der Waals surface area contributed by atoms with Crippen LogP contribution in [-0.2, 0) is 31.3 Å². The quantitative estimate of drug-likeness (QED) is 0.392. The van der Waals surface area contributed by atoms with Crippen LogP contribution in [0.1, 0.15) is 79.6 Å². The maximum absolute atomic E-state index is 10.4. The van der Waals surface area contributed by atoms with E-state index in [1.54, 1.807) is 6.92 Å². The van der Waals surface area contributed by atoms with Gasteiger partial charge in [-0.15, -0.1) is 19.8 Å². The van der Waals surface area contributed by atoms with Crippen molar-refractivity contribution in [1.29, 1.82) is 0 Å². The topological polar surface area (TPSA) is 126 Å². The van der Waals surface area contributed by atoms with Crippen LogP contribution in [0.4, 0.5) is 0 Å². The number of ketones is 1. The van der Waals surface area contributed by atoms with Crippen LogP contribution in [0.25, 0.3) is 0 Å². The Bertz CT molecular complexity index is 215. The van der Waals surface area contributed by atoms with Crippen LogP contribution < -0.4 is 20.4 Å². The second-order valence-electron chi connectivity index (χ2n) is 5.06. The van der Waals surface area contributed by atoms with Crippen molar-refractivity contribution in [1.82, 2.24) is 0 Å². The first-order valence-electron chi connectivity index (χ1n) is 8.79. The van der Waals surface area contributed by atoms with E-state index in [1.807, 2.05) is 20.8 Å². The van der Waals surface area contributed by atoms with Gasteiger partial charge in [-0.25, -0.2) is 0 Å². The SMILES string of the molecule is CCC(C(C)=O)C(=O)[O-].CCCC[O-].CCCC[O-].CCCC[O-].[Ti+4]. The second kappa shape index (κ2) is 35.0. The van der Waals surface area contributed by atoms with Gasteiger partial charge in [0.2, 0.25) is 0 Å². The first kappa shape index (κ1) is 35.8. The maximum Gasteiger partial charge on any atom is 4.00 e. The number of rotatable bonds is 9. The summed E-state index contributed by atoms with van der Waals surface area (Å²) in [5.74, 6) is -2.52. The summed E-state index contributed by atoms with van der Waals surface area (Å²) in [6.45, 7) is 9.21. The second-order valence-corrected chi connectivity index (χ2v) is 5.06. The van der Waals surface area contributed by atoms with E-state index in [-0.39, 0.29) is 47.3 Å². The molecule has 0 amide bonds. The van der Waals surface area contributed by atoms with Gasteiger partial charge in [0.05, 0.1) is 11.9 Å². The van der Waals surface area contributed by atoms with E-state index in [2.05, 4.69) is 0 Å². The minimum Gasteiger partial charge on any atom is -0.854 e. The number of carboxylic acids is 1. The molecule has 7 heteroatoms. The van der Waals surface area contributed by atoms with Gasteiger partial charge in [-0.2, -0.15) is 0 Å². The van der Waals surface area contributed by atoms with Crippen molar-refractivity contribution in [2.75, 3.05) is 19.8 Å². The molecule has 0 bridgehead atoms. The number of hydrogen-bond donors (Lipinski definition) is 0. The summed E-state index contributed by atoms with van der Waals surface area (Å²) in [4.78, 5) is 20.4. The zero-order valence-electron chi connectivity index (χ0n) is 16.6. The van der Waals surface area contributed by atoms with Gasteiger partial charge >= 0.3 is 21.7 Å². The normalized spacial score (nSPS) is 9.60. The Hall–Kier alpha value is -0.266. The predicted molar refractivity (Wildman–Crippen MR) is 88.8 cm³/mol. The van der Waals surface area contributed by atoms with Gasteiger partial charge in [0.15, 0.2) is 0 Å². The predicted octanol–water partition coefficient (Wildman–Crippen LogP) is -0.211. The molecule has 0 spiro atoms. The standard InChI is InChI=1S/C6H10O3.3C4H9O.Ti/c1-3-5(4(2)7)6(8)9;3*1-2-3-4-5;/h5H,3H2,1-2H3,(H,8,9);3*2-4H2,1H3;/q;3*-1;+4/p-1. The van der Waals surface area contributed by atoms with Gasteiger partial charge < -0.3 is 25.2 Å². The summed E-state index contributed by atoms with van der Waals surface area (Å²) in [6.07, 6.45) is 5.91. The van der Waals surface area contributed by atoms with Crippen LogP contribution in [0.2, 0.25) is 0 Å². The van der Waals surface area contributed by atoms with E-state index in [4.69, 9.17) is 0 Å². The number of aliphatic carboxylic acids is 1. The smallest absolute Gasteiger partial charge is 0.854 e. The zero-order chi connectivity index (χ0) is 19.8. The van der Waals surface area contributed by atoms with E-state index >= 15 is 0 Å². The molecule has 0 saturated heterocycles. The van der Waals surface area contributed by atoms with Gasteiger partial charge in [-0.05, 0) is 13.3 Å². The van der Waals surface area contributed by atoms with E-state index in [9.17, 15) is 30.0 Å². The third kappa shape index (κ3) is 45.3. The zero-order valence-corrected chi connectivity index (χ0v) is 18.2. The summed E-state index contributed by atoms with van der Waals surface area (Å²) in [5.41, 5.74) is 0. The molecule has 0 N–H and O–H groups in total. The first-order chi connectivity index (χ1) is 11.3. The number of unbranched alkanes of at least 4 members (excludes halogenated alkanes) is 3. The van der Waals surface area contributed by atoms with Crippen molar-refractivity contribution in [2.45, 2.75) is 79.6 Å². The van der Waals surface area contributed by atoms with Crippen LogP contribution in [0, 0.1) is 5.92 Å². The molecule has 0 aliphatic rings. The molecule has 0 aliphatic heterocycles. The monoisotopic (exact) mass is 396 g/mol. The van der Waals surface area contributed by atoms with E-state index in [0.29, 0.717) is 6.42 Å². The van der Waals surface area contributed by atoms with Crippen molar-refractivity contribution < 1.29 is 51.7 Å². The maximum atomic E-state index is 10.4. The molecule has 1 atom stereocenters. The Kier molecular flexibility index (Phi) is 50.0. The van der Waals surface area contributed by atoms with Crippen LogP contribution >= 0.6 is 0 Å². The molecule has 148 valence electrons. The van der Waals surface area contributed by atoms with Crippen molar-refractivity contribution >= 4 is 11.8 Å². The molecule has 0 aromatic carbocycles. The summed E-state index contributed by atoms with van der Waals surface area (Å²) >= 11 is 0. The third-order valence-electron chi connectivity index (χ3n) is 2.68. The van der Waals surface area contributed by atoms with E-state index in [1.165, 1.54) is 6.92 Å². The van der Waals surface area contributed by atoms with Gasteiger partial charge in [-0.3, -0.25) is 4.79 Å². The molecule has 0 radical (unpaired) electrons. The Morgan fingerprint density at radius 2 is 1.04 bits per heavy atom. The largest absolute Gasteiger partial charge is 4.00 e. The number of Topliss-reactive ketones (excluding diaryl/α,β-unsaturated/α-hetero) is 1. The van der Waals surface area contributed by atoms with Crippen LogP contribution in [0.15, 0.2) is 0 Å². The number of carboxylic acid groups (broad SMARTS) is 1. The van der Waals surface area contributed by atoms with Gasteiger partial charge in [0.25, 0.3) is 0 Å². The minimum absolute atomic E-state index is 0. The van der Waals surface area contributed by atoms with Gasteiger partial charge in [0.1, 0.15) is 5.78 Å². The summed E-state index contributed by atoms with van der Waals surface area (Å²) in [5, 5.41) is 38.6. The summed E-state index contributed by atoms with van der Waals surface area (Å²) in [6, 6.07) is 0. The number of carbonyl (C=O) groups excluding carboxylic acids is 2. The third-order valence-corrected chi connectivity index (χ3v) is 2.68. The van der Waals surface area contributed by atoms with Gasteiger partial charge in [-0.1, -0.05) is 66.2 Å². The fourth-order valence-electron chi connectivity index (χ4n) is 1.05. The van der Waals surface area contributed by atoms with Crippen molar-refractivity contribution in [3.05, 3.63) is 0 Å². The van der Waals surface area contributed by atoms with Crippen molar-refractivity contribution in [2.24, 2.45) is 5.92 Å². The van der Waals surface area contributed by atoms with Crippen LogP contribution in [0.5, 0.6) is 0 Å². The first-order valence-corrected chi connectivity index (χ1v) is 8.79. The average Bonchev–Trinajstić information content (AvgIpc) is 2.51. The molecule has 6 nitrogen and oxygen atoms in total. The molecule has 0 heterocycles. The van der Waals surface area contributed by atoms with Crippen molar-refractivity contribution in [3.63, 3.8) is 0 Å². The van der Waals surface area contributed by atoms with Crippen molar-refractivity contribution in [3.8, 4) is 0 Å². The summed E-state index contributed by atoms with van der Waals surface area (Å²) < 4.78 is 0. The fourth-order valence-corrected chi connectivity index (χ4v) is 1.05.